The van der Waals surface area contributed by atoms with Crippen LogP contribution in [0.15, 0.2) is 18.5 Å². The lowest BCUT2D eigenvalue weighted by molar-refractivity contribution is 0.0272. The Morgan fingerprint density at radius 3 is 2.45 bits per heavy atom. The molecule has 1 saturated carbocycles. The SMILES string of the molecule is COc1cc2ncnc(Cl)c2cc1O[C@H]1C[C@@H]2CN(C(=O)OC(C)(C)C)C[C@@H]2C1. The standard InChI is InChI=1S/C21H26ClN3O4/c1-21(2,3)29-20(26)25-9-12-5-14(6-13(12)10-25)28-18-7-15-16(8-17(18)27-4)23-11-24-19(15)22/h7-8,11-14H,5-6,9-10H2,1-4H3/t12-,13+,14+. The second-order valence-corrected chi connectivity index (χ2v) is 9.16. The molecule has 2 heterocycles. The molecule has 2 aromatic rings. The van der Waals surface area contributed by atoms with Gasteiger partial charge in [-0.15, -0.1) is 0 Å². The van der Waals surface area contributed by atoms with Crippen LogP contribution in [0.4, 0.5) is 4.79 Å². The third-order valence-electron chi connectivity index (χ3n) is 5.53. The Morgan fingerprint density at radius 2 is 1.83 bits per heavy atom. The van der Waals surface area contributed by atoms with Gasteiger partial charge in [-0.1, -0.05) is 11.6 Å². The number of amides is 1. The lowest BCUT2D eigenvalue weighted by Gasteiger charge is -2.25. The third kappa shape index (κ3) is 4.20. The molecular weight excluding hydrogens is 394 g/mol. The van der Waals surface area contributed by atoms with Gasteiger partial charge in [-0.05, 0) is 51.5 Å². The summed E-state index contributed by atoms with van der Waals surface area (Å²) in [5, 5.41) is 1.12. The Hall–Kier alpha value is -2.28. The maximum atomic E-state index is 12.3. The zero-order chi connectivity index (χ0) is 20.8. The molecule has 3 atom stereocenters. The molecule has 29 heavy (non-hydrogen) atoms. The molecule has 0 radical (unpaired) electrons. The molecular formula is C21H26ClN3O4. The molecule has 8 heteroatoms. The fourth-order valence-corrected chi connectivity index (χ4v) is 4.47. The molecule has 1 aromatic heterocycles. The summed E-state index contributed by atoms with van der Waals surface area (Å²) < 4.78 is 17.3. The smallest absolute Gasteiger partial charge is 0.410 e. The highest BCUT2D eigenvalue weighted by atomic mass is 35.5. The number of methoxy groups -OCH3 is 1. The average Bonchev–Trinajstić information content (AvgIpc) is 3.19. The van der Waals surface area contributed by atoms with E-state index in [1.807, 2.05) is 37.8 Å². The van der Waals surface area contributed by atoms with Crippen molar-refractivity contribution in [2.45, 2.75) is 45.3 Å². The molecule has 156 valence electrons. The number of ether oxygens (including phenoxy) is 3. The van der Waals surface area contributed by atoms with Crippen molar-refractivity contribution in [3.05, 3.63) is 23.6 Å². The average molecular weight is 420 g/mol. The topological polar surface area (TPSA) is 73.8 Å². The Morgan fingerprint density at radius 1 is 1.14 bits per heavy atom. The molecule has 1 aliphatic carbocycles. The van der Waals surface area contributed by atoms with Crippen LogP contribution in [0.3, 0.4) is 0 Å². The van der Waals surface area contributed by atoms with E-state index in [1.165, 1.54) is 6.33 Å². The molecule has 0 bridgehead atoms. The fourth-order valence-electron chi connectivity index (χ4n) is 4.28. The first kappa shape index (κ1) is 20.0. The number of carbonyl (C=O) groups is 1. The quantitative estimate of drug-likeness (QED) is 0.690. The largest absolute Gasteiger partial charge is 0.493 e. The second kappa shape index (κ2) is 7.52. The zero-order valence-corrected chi connectivity index (χ0v) is 17.9. The summed E-state index contributed by atoms with van der Waals surface area (Å²) in [6.45, 7) is 7.10. The van der Waals surface area contributed by atoms with Crippen LogP contribution in [-0.2, 0) is 4.74 Å². The van der Waals surface area contributed by atoms with Crippen LogP contribution in [0.1, 0.15) is 33.6 Å². The Balaban J connectivity index is 1.43. The molecule has 7 nitrogen and oxygen atoms in total. The minimum atomic E-state index is -0.474. The molecule has 2 fully saturated rings. The van der Waals surface area contributed by atoms with E-state index in [0.717, 1.165) is 18.2 Å². The highest BCUT2D eigenvalue weighted by Gasteiger charge is 2.44. The molecule has 1 aliphatic heterocycles. The lowest BCUT2D eigenvalue weighted by atomic mass is 10.0. The molecule has 2 aliphatic rings. The fraction of sp³-hybridized carbons (Fsp3) is 0.571. The molecule has 1 amide bonds. The van der Waals surface area contributed by atoms with Gasteiger partial charge in [0.1, 0.15) is 17.1 Å². The Kier molecular flexibility index (Phi) is 5.19. The molecule has 1 aromatic carbocycles. The Bertz CT molecular complexity index is 916. The van der Waals surface area contributed by atoms with Crippen molar-refractivity contribution >= 4 is 28.6 Å². The van der Waals surface area contributed by atoms with Crippen molar-refractivity contribution in [2.24, 2.45) is 11.8 Å². The number of hydrogen-bond donors (Lipinski definition) is 0. The lowest BCUT2D eigenvalue weighted by Crippen LogP contribution is -2.36. The number of carbonyl (C=O) groups excluding carboxylic acids is 1. The number of rotatable bonds is 3. The monoisotopic (exact) mass is 419 g/mol. The summed E-state index contributed by atoms with van der Waals surface area (Å²) in [7, 11) is 1.61. The van der Waals surface area contributed by atoms with Crippen molar-refractivity contribution in [2.75, 3.05) is 20.2 Å². The minimum absolute atomic E-state index is 0.0699. The summed E-state index contributed by atoms with van der Waals surface area (Å²) >= 11 is 6.21. The number of hydrogen-bond acceptors (Lipinski definition) is 6. The van der Waals surface area contributed by atoms with Gasteiger partial charge in [0.25, 0.3) is 0 Å². The summed E-state index contributed by atoms with van der Waals surface area (Å²) in [5.41, 5.74) is 0.239. The highest BCUT2D eigenvalue weighted by molar-refractivity contribution is 6.34. The predicted octanol–water partition coefficient (Wildman–Crippen LogP) is 4.32. The predicted molar refractivity (Wildman–Crippen MR) is 110 cm³/mol. The van der Waals surface area contributed by atoms with E-state index >= 15 is 0 Å². The van der Waals surface area contributed by atoms with E-state index in [2.05, 4.69) is 9.97 Å². The van der Waals surface area contributed by atoms with Crippen LogP contribution in [0.25, 0.3) is 10.9 Å². The normalized spacial score (nSPS) is 23.9. The van der Waals surface area contributed by atoms with Crippen LogP contribution >= 0.6 is 11.6 Å². The van der Waals surface area contributed by atoms with E-state index in [9.17, 15) is 4.79 Å². The van der Waals surface area contributed by atoms with Crippen LogP contribution in [0.2, 0.25) is 5.15 Å². The zero-order valence-electron chi connectivity index (χ0n) is 17.1. The van der Waals surface area contributed by atoms with Gasteiger partial charge in [0, 0.05) is 24.5 Å². The van der Waals surface area contributed by atoms with E-state index in [-0.39, 0.29) is 12.2 Å². The van der Waals surface area contributed by atoms with Crippen LogP contribution in [0, 0.1) is 11.8 Å². The number of halogens is 1. The second-order valence-electron chi connectivity index (χ2n) is 8.80. The number of fused-ring (bicyclic) bond motifs is 2. The molecule has 4 rings (SSSR count). The summed E-state index contributed by atoms with van der Waals surface area (Å²) in [5.74, 6) is 2.11. The number of nitrogens with zero attached hydrogens (tertiary/aromatic N) is 3. The van der Waals surface area contributed by atoms with E-state index in [4.69, 9.17) is 25.8 Å². The minimum Gasteiger partial charge on any atom is -0.493 e. The van der Waals surface area contributed by atoms with Gasteiger partial charge in [-0.2, -0.15) is 0 Å². The molecule has 0 N–H and O–H groups in total. The van der Waals surface area contributed by atoms with Crippen LogP contribution < -0.4 is 9.47 Å². The maximum Gasteiger partial charge on any atom is 0.410 e. The van der Waals surface area contributed by atoms with Gasteiger partial charge < -0.3 is 19.1 Å². The van der Waals surface area contributed by atoms with Gasteiger partial charge in [-0.3, -0.25) is 0 Å². The van der Waals surface area contributed by atoms with Gasteiger partial charge in [0.05, 0.1) is 18.7 Å². The van der Waals surface area contributed by atoms with Gasteiger partial charge in [-0.25, -0.2) is 14.8 Å². The van der Waals surface area contributed by atoms with Gasteiger partial charge >= 0.3 is 6.09 Å². The first-order chi connectivity index (χ1) is 13.7. The van der Waals surface area contributed by atoms with Crippen LogP contribution in [0.5, 0.6) is 11.5 Å². The first-order valence-electron chi connectivity index (χ1n) is 9.86. The maximum absolute atomic E-state index is 12.3. The van der Waals surface area contributed by atoms with Crippen molar-refractivity contribution < 1.29 is 19.0 Å². The van der Waals surface area contributed by atoms with Crippen molar-refractivity contribution in [3.63, 3.8) is 0 Å². The van der Waals surface area contributed by atoms with E-state index in [0.29, 0.717) is 47.1 Å². The summed E-state index contributed by atoms with van der Waals surface area (Å²) in [4.78, 5) is 22.4. The van der Waals surface area contributed by atoms with Crippen LogP contribution in [-0.4, -0.2) is 52.9 Å². The summed E-state index contributed by atoms with van der Waals surface area (Å²) in [6, 6.07) is 3.66. The third-order valence-corrected chi connectivity index (χ3v) is 5.83. The molecule has 1 saturated heterocycles. The number of likely N-dealkylation sites (tertiary alicyclic amines) is 1. The van der Waals surface area contributed by atoms with Gasteiger partial charge in [0.2, 0.25) is 0 Å². The summed E-state index contributed by atoms with van der Waals surface area (Å²) in [6.07, 6.45) is 3.06. The number of aromatic nitrogens is 2. The highest BCUT2D eigenvalue weighted by Crippen LogP contribution is 2.42. The van der Waals surface area contributed by atoms with Crippen molar-refractivity contribution in [1.82, 2.24) is 14.9 Å². The number of benzene rings is 1. The van der Waals surface area contributed by atoms with Crippen molar-refractivity contribution in [3.8, 4) is 11.5 Å². The van der Waals surface area contributed by atoms with Gasteiger partial charge in [0.15, 0.2) is 11.5 Å². The molecule has 0 spiro atoms. The van der Waals surface area contributed by atoms with E-state index < -0.39 is 5.60 Å². The first-order valence-corrected chi connectivity index (χ1v) is 10.2. The van der Waals surface area contributed by atoms with Crippen molar-refractivity contribution in [1.29, 1.82) is 0 Å². The molecule has 0 unspecified atom stereocenters. The van der Waals surface area contributed by atoms with E-state index in [1.54, 1.807) is 7.11 Å². The Labute approximate surface area is 175 Å².